The molecular weight excluding hydrogens is 286 g/mol. The summed E-state index contributed by atoms with van der Waals surface area (Å²) in [6, 6.07) is 9.37. The van der Waals surface area contributed by atoms with Gasteiger partial charge in [-0.25, -0.2) is 13.8 Å². The van der Waals surface area contributed by atoms with Gasteiger partial charge in [0.05, 0.1) is 16.6 Å². The predicted octanol–water partition coefficient (Wildman–Crippen LogP) is 3.32. The Kier molecular flexibility index (Phi) is 2.99. The number of aromatic nitrogens is 2. The summed E-state index contributed by atoms with van der Waals surface area (Å²) in [5, 5.41) is 0.167. The van der Waals surface area contributed by atoms with Crippen molar-refractivity contribution >= 4 is 22.5 Å². The number of para-hydroxylation sites is 1. The zero-order chi connectivity index (χ0) is 14.3. The third-order valence-electron chi connectivity index (χ3n) is 2.84. The van der Waals surface area contributed by atoms with E-state index in [0.717, 1.165) is 22.8 Å². The van der Waals surface area contributed by atoms with Gasteiger partial charge >= 0.3 is 0 Å². The second kappa shape index (κ2) is 4.68. The summed E-state index contributed by atoms with van der Waals surface area (Å²) in [7, 11) is 0. The number of benzene rings is 2. The van der Waals surface area contributed by atoms with Crippen molar-refractivity contribution in [2.24, 2.45) is 0 Å². The topological polar surface area (TPSA) is 34.9 Å². The lowest BCUT2D eigenvalue weighted by atomic mass is 10.2. The van der Waals surface area contributed by atoms with E-state index in [9.17, 15) is 13.6 Å². The average Bonchev–Trinajstić information content (AvgIpc) is 2.37. The van der Waals surface area contributed by atoms with E-state index >= 15 is 0 Å². The Bertz CT molecular complexity index is 856. The van der Waals surface area contributed by atoms with E-state index in [-0.39, 0.29) is 11.0 Å². The number of nitrogens with zero attached hydrogens (tertiary/aromatic N) is 2. The van der Waals surface area contributed by atoms with Gasteiger partial charge in [-0.05, 0) is 35.9 Å². The van der Waals surface area contributed by atoms with Gasteiger partial charge in [0, 0.05) is 6.07 Å². The van der Waals surface area contributed by atoms with E-state index in [1.165, 1.54) is 0 Å². The van der Waals surface area contributed by atoms with Crippen LogP contribution in [-0.4, -0.2) is 9.55 Å². The van der Waals surface area contributed by atoms with Crippen molar-refractivity contribution in [3.05, 3.63) is 69.7 Å². The van der Waals surface area contributed by atoms with Crippen LogP contribution < -0.4 is 5.56 Å². The lowest BCUT2D eigenvalue weighted by Gasteiger charge is -2.09. The van der Waals surface area contributed by atoms with E-state index < -0.39 is 17.2 Å². The minimum absolute atomic E-state index is 0.00393. The maximum absolute atomic E-state index is 13.3. The molecule has 0 unspecified atom stereocenters. The van der Waals surface area contributed by atoms with Crippen molar-refractivity contribution in [3.8, 4) is 5.69 Å². The second-order valence-electron chi connectivity index (χ2n) is 4.17. The summed E-state index contributed by atoms with van der Waals surface area (Å²) >= 11 is 5.95. The van der Waals surface area contributed by atoms with Crippen LogP contribution in [0.1, 0.15) is 0 Å². The molecule has 0 fully saturated rings. The van der Waals surface area contributed by atoms with Gasteiger partial charge in [0.25, 0.3) is 5.56 Å². The maximum atomic E-state index is 13.3. The Labute approximate surface area is 117 Å². The van der Waals surface area contributed by atoms with Gasteiger partial charge < -0.3 is 0 Å². The summed E-state index contributed by atoms with van der Waals surface area (Å²) in [6.45, 7) is 0. The molecule has 0 radical (unpaired) electrons. The van der Waals surface area contributed by atoms with E-state index in [0.29, 0.717) is 10.9 Å². The minimum Gasteiger partial charge on any atom is -0.268 e. The van der Waals surface area contributed by atoms with Crippen LogP contribution in [0.2, 0.25) is 5.28 Å². The molecule has 0 spiro atoms. The van der Waals surface area contributed by atoms with E-state index in [1.54, 1.807) is 24.3 Å². The lowest BCUT2D eigenvalue weighted by molar-refractivity contribution is 0.581. The second-order valence-corrected chi connectivity index (χ2v) is 4.50. The van der Waals surface area contributed by atoms with Crippen LogP contribution in [0.15, 0.2) is 47.3 Å². The van der Waals surface area contributed by atoms with Crippen LogP contribution in [0.3, 0.4) is 0 Å². The third-order valence-corrected chi connectivity index (χ3v) is 3.09. The van der Waals surface area contributed by atoms with Gasteiger partial charge in [0.15, 0.2) is 0 Å². The number of fused-ring (bicyclic) bond motifs is 1. The Morgan fingerprint density at radius 1 is 1.05 bits per heavy atom. The molecule has 6 heteroatoms. The molecule has 3 aromatic rings. The molecule has 0 saturated heterocycles. The van der Waals surface area contributed by atoms with Crippen molar-refractivity contribution in [2.45, 2.75) is 0 Å². The highest BCUT2D eigenvalue weighted by Gasteiger charge is 2.12. The summed E-state index contributed by atoms with van der Waals surface area (Å²) in [5.74, 6) is -1.59. The SMILES string of the molecule is O=c1c2ccccc2nc(Cl)n1-c1cc(F)cc(F)c1. The van der Waals surface area contributed by atoms with Gasteiger partial charge in [-0.2, -0.15) is 0 Å². The molecule has 20 heavy (non-hydrogen) atoms. The van der Waals surface area contributed by atoms with Crippen molar-refractivity contribution in [1.29, 1.82) is 0 Å². The quantitative estimate of drug-likeness (QED) is 0.645. The third kappa shape index (κ3) is 2.06. The molecule has 0 bridgehead atoms. The van der Waals surface area contributed by atoms with Crippen LogP contribution in [-0.2, 0) is 0 Å². The monoisotopic (exact) mass is 292 g/mol. The van der Waals surface area contributed by atoms with Crippen molar-refractivity contribution in [3.63, 3.8) is 0 Å². The van der Waals surface area contributed by atoms with Gasteiger partial charge in [0.1, 0.15) is 11.6 Å². The van der Waals surface area contributed by atoms with Crippen LogP contribution in [0.5, 0.6) is 0 Å². The first-order chi connectivity index (χ1) is 9.56. The maximum Gasteiger partial charge on any atom is 0.266 e. The van der Waals surface area contributed by atoms with Gasteiger partial charge in [-0.1, -0.05) is 12.1 Å². The summed E-state index contributed by atoms with van der Waals surface area (Å²) < 4.78 is 27.5. The Morgan fingerprint density at radius 3 is 2.40 bits per heavy atom. The van der Waals surface area contributed by atoms with Crippen LogP contribution in [0.4, 0.5) is 8.78 Å². The first-order valence-corrected chi connectivity index (χ1v) is 6.08. The first kappa shape index (κ1) is 12.7. The van der Waals surface area contributed by atoms with Crippen LogP contribution in [0, 0.1) is 11.6 Å². The number of hydrogen-bond acceptors (Lipinski definition) is 2. The van der Waals surface area contributed by atoms with Gasteiger partial charge in [-0.3, -0.25) is 9.36 Å². The van der Waals surface area contributed by atoms with Crippen LogP contribution >= 0.6 is 11.6 Å². The number of hydrogen-bond donors (Lipinski definition) is 0. The van der Waals surface area contributed by atoms with Crippen LogP contribution in [0.25, 0.3) is 16.6 Å². The zero-order valence-electron chi connectivity index (χ0n) is 9.98. The molecule has 0 aliphatic rings. The molecule has 0 aliphatic carbocycles. The predicted molar refractivity (Wildman–Crippen MR) is 72.3 cm³/mol. The summed E-state index contributed by atoms with van der Waals surface area (Å²) in [4.78, 5) is 16.4. The Balaban J connectivity index is 2.39. The highest BCUT2D eigenvalue weighted by molar-refractivity contribution is 6.29. The van der Waals surface area contributed by atoms with E-state index in [4.69, 9.17) is 11.6 Å². The molecular formula is C14H7ClF2N2O. The fourth-order valence-electron chi connectivity index (χ4n) is 2.00. The fourth-order valence-corrected chi connectivity index (χ4v) is 2.26. The van der Waals surface area contributed by atoms with Crippen molar-refractivity contribution in [2.75, 3.05) is 0 Å². The Hall–Kier alpha value is -2.27. The molecule has 3 nitrogen and oxygen atoms in total. The highest BCUT2D eigenvalue weighted by Crippen LogP contribution is 2.18. The average molecular weight is 293 g/mol. The molecule has 0 atom stereocenters. The largest absolute Gasteiger partial charge is 0.268 e. The normalized spacial score (nSPS) is 10.9. The molecule has 1 aromatic heterocycles. The van der Waals surface area contributed by atoms with Gasteiger partial charge in [-0.15, -0.1) is 0 Å². The molecule has 1 heterocycles. The Morgan fingerprint density at radius 2 is 1.70 bits per heavy atom. The molecule has 100 valence electrons. The molecule has 0 saturated carbocycles. The first-order valence-electron chi connectivity index (χ1n) is 5.70. The van der Waals surface area contributed by atoms with Crippen molar-refractivity contribution in [1.82, 2.24) is 9.55 Å². The van der Waals surface area contributed by atoms with E-state index in [1.807, 2.05) is 0 Å². The molecule has 0 aliphatic heterocycles. The smallest absolute Gasteiger partial charge is 0.266 e. The van der Waals surface area contributed by atoms with Gasteiger partial charge in [0.2, 0.25) is 5.28 Å². The standard InChI is InChI=1S/C14H7ClF2N2O/c15-14-18-12-4-2-1-3-11(12)13(20)19(14)10-6-8(16)5-9(17)7-10/h1-7H. The summed E-state index contributed by atoms with van der Waals surface area (Å²) in [5.41, 5.74) is -0.0584. The number of halogens is 3. The molecule has 3 rings (SSSR count). The minimum atomic E-state index is -0.795. The molecule has 0 amide bonds. The zero-order valence-corrected chi connectivity index (χ0v) is 10.7. The molecule has 0 N–H and O–H groups in total. The molecule has 2 aromatic carbocycles. The lowest BCUT2D eigenvalue weighted by Crippen LogP contribution is -2.20. The number of rotatable bonds is 1. The summed E-state index contributed by atoms with van der Waals surface area (Å²) in [6.07, 6.45) is 0. The van der Waals surface area contributed by atoms with Crippen molar-refractivity contribution < 1.29 is 8.78 Å². The highest BCUT2D eigenvalue weighted by atomic mass is 35.5. The van der Waals surface area contributed by atoms with E-state index in [2.05, 4.69) is 4.98 Å². The fraction of sp³-hybridized carbons (Fsp3) is 0.